The number of amides is 3. The number of hydrogen-bond donors (Lipinski definition) is 2. The van der Waals surface area contributed by atoms with Crippen LogP contribution in [0.1, 0.15) is 43.0 Å². The average Bonchev–Trinajstić information content (AvgIpc) is 3.58. The van der Waals surface area contributed by atoms with E-state index in [1.54, 1.807) is 66.6 Å². The SMILES string of the molecule is O=C(Nc1ccccc1C(=O)NCc1ccco1)c1ccc([C@@H]2SCC(=O)N2Cc2ccccc2)cc1. The number of rotatable bonds is 8. The second kappa shape index (κ2) is 11.2. The van der Waals surface area contributed by atoms with Crippen molar-refractivity contribution in [2.24, 2.45) is 0 Å². The maximum absolute atomic E-state index is 13.0. The monoisotopic (exact) mass is 511 g/mol. The van der Waals surface area contributed by atoms with Crippen molar-refractivity contribution in [3.8, 4) is 0 Å². The molecule has 1 aromatic heterocycles. The highest BCUT2D eigenvalue weighted by molar-refractivity contribution is 8.00. The molecule has 1 atom stereocenters. The minimum atomic E-state index is -0.325. The van der Waals surface area contributed by atoms with Gasteiger partial charge in [0.2, 0.25) is 5.91 Å². The summed E-state index contributed by atoms with van der Waals surface area (Å²) in [6.45, 7) is 0.789. The van der Waals surface area contributed by atoms with Crippen molar-refractivity contribution in [3.63, 3.8) is 0 Å². The van der Waals surface area contributed by atoms with Gasteiger partial charge in [-0.3, -0.25) is 14.4 Å². The Bertz CT molecular complexity index is 1390. The summed E-state index contributed by atoms with van der Waals surface area (Å²) in [5, 5.41) is 5.54. The van der Waals surface area contributed by atoms with Gasteiger partial charge in [-0.1, -0.05) is 54.6 Å². The van der Waals surface area contributed by atoms with Crippen LogP contribution in [0.15, 0.2) is 102 Å². The first-order valence-electron chi connectivity index (χ1n) is 11.8. The zero-order valence-electron chi connectivity index (χ0n) is 19.9. The third-order valence-corrected chi connectivity index (χ3v) is 7.30. The number of furan rings is 1. The highest BCUT2D eigenvalue weighted by Crippen LogP contribution is 2.39. The van der Waals surface area contributed by atoms with E-state index < -0.39 is 0 Å². The van der Waals surface area contributed by atoms with E-state index >= 15 is 0 Å². The number of carbonyl (C=O) groups is 3. The quantitative estimate of drug-likeness (QED) is 0.338. The average molecular weight is 512 g/mol. The molecule has 0 saturated carbocycles. The standard InChI is InChI=1S/C29H25N3O4S/c33-26-19-37-29(32(26)18-20-7-2-1-3-8-20)22-14-12-21(13-15-22)27(34)31-25-11-5-4-10-24(25)28(35)30-17-23-9-6-16-36-23/h1-16,29H,17-19H2,(H,30,35)(H,31,34)/t29-/m0/s1. The van der Waals surface area contributed by atoms with Crippen LogP contribution in [-0.4, -0.2) is 28.4 Å². The van der Waals surface area contributed by atoms with Crippen LogP contribution in [0.4, 0.5) is 5.69 Å². The van der Waals surface area contributed by atoms with Crippen LogP contribution < -0.4 is 10.6 Å². The number of carbonyl (C=O) groups excluding carboxylic acids is 3. The molecule has 0 aliphatic carbocycles. The van der Waals surface area contributed by atoms with Crippen LogP contribution in [0, 0.1) is 0 Å². The van der Waals surface area contributed by atoms with E-state index in [4.69, 9.17) is 4.42 Å². The highest BCUT2D eigenvalue weighted by atomic mass is 32.2. The van der Waals surface area contributed by atoms with Gasteiger partial charge in [-0.25, -0.2) is 0 Å². The van der Waals surface area contributed by atoms with Crippen molar-refractivity contribution in [1.29, 1.82) is 0 Å². The molecule has 2 heterocycles. The third kappa shape index (κ3) is 5.76. The molecular formula is C29H25N3O4S. The summed E-state index contributed by atoms with van der Waals surface area (Å²) in [4.78, 5) is 40.1. The largest absolute Gasteiger partial charge is 0.467 e. The Balaban J connectivity index is 1.26. The Morgan fingerprint density at radius 1 is 0.892 bits per heavy atom. The molecule has 186 valence electrons. The molecule has 1 saturated heterocycles. The Labute approximate surface area is 218 Å². The fraction of sp³-hybridized carbons (Fsp3) is 0.138. The Morgan fingerprint density at radius 2 is 1.65 bits per heavy atom. The Kier molecular flexibility index (Phi) is 7.37. The van der Waals surface area contributed by atoms with Gasteiger partial charge in [0.15, 0.2) is 0 Å². The normalized spacial score (nSPS) is 15.0. The molecule has 3 amide bonds. The second-order valence-electron chi connectivity index (χ2n) is 8.55. The van der Waals surface area contributed by atoms with E-state index in [1.807, 2.05) is 47.4 Å². The minimum Gasteiger partial charge on any atom is -0.467 e. The zero-order chi connectivity index (χ0) is 25.6. The first kappa shape index (κ1) is 24.4. The lowest BCUT2D eigenvalue weighted by Gasteiger charge is -2.24. The highest BCUT2D eigenvalue weighted by Gasteiger charge is 2.32. The lowest BCUT2D eigenvalue weighted by Crippen LogP contribution is -2.27. The van der Waals surface area contributed by atoms with Gasteiger partial charge in [-0.2, -0.15) is 0 Å². The maximum atomic E-state index is 13.0. The summed E-state index contributed by atoms with van der Waals surface area (Å²) in [5.74, 6) is 0.527. The topological polar surface area (TPSA) is 91.6 Å². The van der Waals surface area contributed by atoms with Crippen LogP contribution in [0.5, 0.6) is 0 Å². The molecular weight excluding hydrogens is 486 g/mol. The smallest absolute Gasteiger partial charge is 0.255 e. The van der Waals surface area contributed by atoms with Gasteiger partial charge in [-0.15, -0.1) is 11.8 Å². The third-order valence-electron chi connectivity index (χ3n) is 6.05. The number of nitrogens with one attached hydrogen (secondary N) is 2. The molecule has 0 spiro atoms. The number of hydrogen-bond acceptors (Lipinski definition) is 5. The molecule has 4 aromatic rings. The van der Waals surface area contributed by atoms with Crippen LogP contribution >= 0.6 is 11.8 Å². The first-order valence-corrected chi connectivity index (χ1v) is 12.9. The van der Waals surface area contributed by atoms with Gasteiger partial charge < -0.3 is 20.0 Å². The molecule has 0 radical (unpaired) electrons. The number of nitrogens with zero attached hydrogens (tertiary/aromatic N) is 1. The molecule has 2 N–H and O–H groups in total. The van der Waals surface area contributed by atoms with Crippen molar-refractivity contribution < 1.29 is 18.8 Å². The van der Waals surface area contributed by atoms with E-state index in [0.717, 1.165) is 11.1 Å². The first-order chi connectivity index (χ1) is 18.1. The predicted octanol–water partition coefficient (Wildman–Crippen LogP) is 5.24. The lowest BCUT2D eigenvalue weighted by atomic mass is 10.1. The van der Waals surface area contributed by atoms with Gasteiger partial charge in [0.1, 0.15) is 11.1 Å². The summed E-state index contributed by atoms with van der Waals surface area (Å²) in [6, 6.07) is 27.5. The van der Waals surface area contributed by atoms with Gasteiger partial charge in [0.05, 0.1) is 29.8 Å². The number of thioether (sulfide) groups is 1. The summed E-state index contributed by atoms with van der Waals surface area (Å²) in [7, 11) is 0. The van der Waals surface area contributed by atoms with Crippen LogP contribution in [0.3, 0.4) is 0 Å². The van der Waals surface area contributed by atoms with E-state index in [2.05, 4.69) is 10.6 Å². The van der Waals surface area contributed by atoms with Gasteiger partial charge in [0, 0.05) is 12.1 Å². The molecule has 7 nitrogen and oxygen atoms in total. The summed E-state index contributed by atoms with van der Waals surface area (Å²) in [5.41, 5.74) is 3.27. The van der Waals surface area contributed by atoms with Crippen molar-refractivity contribution in [2.75, 3.05) is 11.1 Å². The fourth-order valence-electron chi connectivity index (χ4n) is 4.14. The summed E-state index contributed by atoms with van der Waals surface area (Å²) in [6.07, 6.45) is 1.55. The fourth-order valence-corrected chi connectivity index (χ4v) is 5.33. The van der Waals surface area contributed by atoms with Gasteiger partial charge >= 0.3 is 0 Å². The van der Waals surface area contributed by atoms with Crippen LogP contribution in [-0.2, 0) is 17.9 Å². The molecule has 8 heteroatoms. The number of para-hydroxylation sites is 1. The van der Waals surface area contributed by atoms with Gasteiger partial charge in [0.25, 0.3) is 11.8 Å². The molecule has 0 bridgehead atoms. The van der Waals surface area contributed by atoms with Crippen LogP contribution in [0.25, 0.3) is 0 Å². The lowest BCUT2D eigenvalue weighted by molar-refractivity contribution is -0.128. The van der Waals surface area contributed by atoms with Crippen LogP contribution in [0.2, 0.25) is 0 Å². The number of anilines is 1. The van der Waals surface area contributed by atoms with E-state index in [0.29, 0.717) is 34.9 Å². The molecule has 37 heavy (non-hydrogen) atoms. The maximum Gasteiger partial charge on any atom is 0.255 e. The number of benzene rings is 3. The van der Waals surface area contributed by atoms with E-state index in [1.165, 1.54) is 0 Å². The molecule has 1 aliphatic rings. The van der Waals surface area contributed by atoms with Gasteiger partial charge in [-0.05, 0) is 47.5 Å². The van der Waals surface area contributed by atoms with E-state index in [9.17, 15) is 14.4 Å². The van der Waals surface area contributed by atoms with Crippen molar-refractivity contribution in [1.82, 2.24) is 10.2 Å². The zero-order valence-corrected chi connectivity index (χ0v) is 20.7. The minimum absolute atomic E-state index is 0.0996. The van der Waals surface area contributed by atoms with Crippen molar-refractivity contribution in [3.05, 3.63) is 125 Å². The molecule has 0 unspecified atom stereocenters. The Morgan fingerprint density at radius 3 is 2.41 bits per heavy atom. The van der Waals surface area contributed by atoms with E-state index in [-0.39, 0.29) is 29.6 Å². The molecule has 5 rings (SSSR count). The van der Waals surface area contributed by atoms with Crippen molar-refractivity contribution in [2.45, 2.75) is 18.5 Å². The predicted molar refractivity (Wildman–Crippen MR) is 143 cm³/mol. The molecule has 1 fully saturated rings. The molecule has 3 aromatic carbocycles. The second-order valence-corrected chi connectivity index (χ2v) is 9.62. The van der Waals surface area contributed by atoms with Crippen molar-refractivity contribution >= 4 is 35.2 Å². The Hall–Kier alpha value is -4.30. The summed E-state index contributed by atoms with van der Waals surface area (Å²) >= 11 is 1.58. The summed E-state index contributed by atoms with van der Waals surface area (Å²) < 4.78 is 5.25. The molecule has 1 aliphatic heterocycles.